The van der Waals surface area contributed by atoms with Crippen molar-refractivity contribution in [3.8, 4) is 5.75 Å². The molecule has 5 heteroatoms. The van der Waals surface area contributed by atoms with Gasteiger partial charge in [-0.3, -0.25) is 5.32 Å². The molecule has 0 radical (unpaired) electrons. The number of anilines is 1. The largest absolute Gasteiger partial charge is 0.494 e. The number of hydrogen-bond donors (Lipinski definition) is 1. The molecule has 0 spiro atoms. The van der Waals surface area contributed by atoms with E-state index in [1.54, 1.807) is 0 Å². The monoisotopic (exact) mass is 334 g/mol. The number of likely N-dealkylation sites (tertiary alicyclic amines) is 1. The van der Waals surface area contributed by atoms with Crippen LogP contribution in [-0.2, 0) is 4.74 Å². The van der Waals surface area contributed by atoms with E-state index >= 15 is 0 Å². The van der Waals surface area contributed by atoms with E-state index in [1.165, 1.54) is 32.4 Å². The maximum absolute atomic E-state index is 11.8. The minimum atomic E-state index is -0.403. The summed E-state index contributed by atoms with van der Waals surface area (Å²) in [7, 11) is 0. The van der Waals surface area contributed by atoms with Gasteiger partial charge in [-0.2, -0.15) is 0 Å². The number of nitrogens with one attached hydrogen (secondary N) is 1. The average Bonchev–Trinajstić information content (AvgIpc) is 2.60. The van der Waals surface area contributed by atoms with Crippen LogP contribution in [0.5, 0.6) is 5.75 Å². The topological polar surface area (TPSA) is 50.8 Å². The Hall–Kier alpha value is -1.75. The predicted octanol–water partition coefficient (Wildman–Crippen LogP) is 4.29. The van der Waals surface area contributed by atoms with Gasteiger partial charge in [0.2, 0.25) is 0 Å². The van der Waals surface area contributed by atoms with Gasteiger partial charge >= 0.3 is 6.09 Å². The van der Waals surface area contributed by atoms with Crippen molar-refractivity contribution >= 4 is 11.8 Å². The van der Waals surface area contributed by atoms with Crippen LogP contribution in [0.2, 0.25) is 0 Å². The maximum Gasteiger partial charge on any atom is 0.411 e. The summed E-state index contributed by atoms with van der Waals surface area (Å²) in [6, 6.07) is 7.42. The molecule has 0 bridgehead atoms. The van der Waals surface area contributed by atoms with Crippen molar-refractivity contribution in [2.24, 2.45) is 0 Å². The lowest BCUT2D eigenvalue weighted by Crippen LogP contribution is -2.31. The van der Waals surface area contributed by atoms with Crippen molar-refractivity contribution in [3.63, 3.8) is 0 Å². The summed E-state index contributed by atoms with van der Waals surface area (Å²) < 4.78 is 10.9. The number of hydrogen-bond acceptors (Lipinski definition) is 4. The third-order valence-electron chi connectivity index (χ3n) is 4.15. The lowest BCUT2D eigenvalue weighted by atomic mass is 10.1. The molecule has 2 rings (SSSR count). The molecule has 5 nitrogen and oxygen atoms in total. The van der Waals surface area contributed by atoms with E-state index < -0.39 is 6.09 Å². The molecule has 1 saturated heterocycles. The highest BCUT2D eigenvalue weighted by atomic mass is 16.5. The molecule has 134 valence electrons. The minimum Gasteiger partial charge on any atom is -0.494 e. The second-order valence-corrected chi connectivity index (χ2v) is 6.25. The third-order valence-corrected chi connectivity index (χ3v) is 4.15. The molecular formula is C19H30N2O3. The number of amides is 1. The minimum absolute atomic E-state index is 0.403. The number of piperidine rings is 1. The molecule has 1 aliphatic rings. The Morgan fingerprint density at radius 1 is 1.17 bits per heavy atom. The second-order valence-electron chi connectivity index (χ2n) is 6.25. The zero-order chi connectivity index (χ0) is 17.0. The highest BCUT2D eigenvalue weighted by Crippen LogP contribution is 2.18. The van der Waals surface area contributed by atoms with Crippen LogP contribution < -0.4 is 10.1 Å². The molecule has 1 heterocycles. The van der Waals surface area contributed by atoms with Crippen molar-refractivity contribution in [3.05, 3.63) is 24.3 Å². The number of carbonyl (C=O) groups is 1. The Morgan fingerprint density at radius 2 is 2.00 bits per heavy atom. The Balaban J connectivity index is 1.63. The number of carbonyl (C=O) groups excluding carboxylic acids is 1. The zero-order valence-corrected chi connectivity index (χ0v) is 14.8. The first-order valence-corrected chi connectivity index (χ1v) is 9.17. The fourth-order valence-corrected chi connectivity index (χ4v) is 2.79. The molecule has 1 aliphatic heterocycles. The van der Waals surface area contributed by atoms with E-state index in [1.807, 2.05) is 24.3 Å². The highest BCUT2D eigenvalue weighted by Gasteiger charge is 2.10. The summed E-state index contributed by atoms with van der Waals surface area (Å²) in [5.74, 6) is 0.770. The molecule has 0 aliphatic carbocycles. The van der Waals surface area contributed by atoms with Crippen LogP contribution in [0, 0.1) is 0 Å². The highest BCUT2D eigenvalue weighted by molar-refractivity contribution is 5.84. The van der Waals surface area contributed by atoms with Gasteiger partial charge in [0.25, 0.3) is 0 Å². The third kappa shape index (κ3) is 7.21. The summed E-state index contributed by atoms with van der Waals surface area (Å²) in [4.78, 5) is 14.3. The number of nitrogens with zero attached hydrogens (tertiary/aromatic N) is 1. The van der Waals surface area contributed by atoms with Crippen molar-refractivity contribution in [1.29, 1.82) is 0 Å². The quantitative estimate of drug-likeness (QED) is 0.685. The number of ether oxygens (including phenoxy) is 2. The Morgan fingerprint density at radius 3 is 2.79 bits per heavy atom. The molecule has 1 amide bonds. The molecule has 1 aromatic carbocycles. The van der Waals surface area contributed by atoms with Gasteiger partial charge in [-0.1, -0.05) is 25.8 Å². The van der Waals surface area contributed by atoms with E-state index in [-0.39, 0.29) is 0 Å². The number of unbranched alkanes of at least 4 members (excludes halogenated alkanes) is 1. The fourth-order valence-electron chi connectivity index (χ4n) is 2.79. The molecule has 0 atom stereocenters. The normalized spacial score (nSPS) is 15.0. The lowest BCUT2D eigenvalue weighted by Gasteiger charge is -2.26. The number of rotatable bonds is 9. The van der Waals surface area contributed by atoms with Gasteiger partial charge < -0.3 is 14.4 Å². The molecule has 1 N–H and O–H groups in total. The van der Waals surface area contributed by atoms with Crippen molar-refractivity contribution in [2.75, 3.05) is 38.2 Å². The van der Waals surface area contributed by atoms with E-state index in [2.05, 4.69) is 17.1 Å². The summed E-state index contributed by atoms with van der Waals surface area (Å²) in [6.45, 7) is 6.64. The first kappa shape index (κ1) is 18.6. The lowest BCUT2D eigenvalue weighted by molar-refractivity contribution is 0.148. The summed E-state index contributed by atoms with van der Waals surface area (Å²) in [6.07, 6.45) is 6.53. The predicted molar refractivity (Wildman–Crippen MR) is 96.7 cm³/mol. The molecule has 1 aromatic rings. The first-order valence-electron chi connectivity index (χ1n) is 9.17. The summed E-state index contributed by atoms with van der Waals surface area (Å²) >= 11 is 0. The van der Waals surface area contributed by atoms with Gasteiger partial charge in [0.1, 0.15) is 5.75 Å². The Bertz CT molecular complexity index is 487. The summed E-state index contributed by atoms with van der Waals surface area (Å²) in [5, 5.41) is 2.76. The van der Waals surface area contributed by atoms with Gasteiger partial charge in [0.05, 0.1) is 13.2 Å². The van der Waals surface area contributed by atoms with E-state index in [0.717, 1.165) is 31.6 Å². The van der Waals surface area contributed by atoms with Gasteiger partial charge in [-0.15, -0.1) is 0 Å². The van der Waals surface area contributed by atoms with Crippen LogP contribution in [-0.4, -0.2) is 43.8 Å². The SMILES string of the molecule is CCCCOc1cccc(NC(=O)OCCCN2CCCCC2)c1. The van der Waals surface area contributed by atoms with Crippen LogP contribution in [0.4, 0.5) is 10.5 Å². The molecule has 0 saturated carbocycles. The molecule has 1 fully saturated rings. The zero-order valence-electron chi connectivity index (χ0n) is 14.8. The standard InChI is InChI=1S/C19H30N2O3/c1-2-3-14-23-18-10-7-9-17(16-18)20-19(22)24-15-8-13-21-11-5-4-6-12-21/h7,9-10,16H,2-6,8,11-15H2,1H3,(H,20,22). The van der Waals surface area contributed by atoms with Crippen LogP contribution >= 0.6 is 0 Å². The molecule has 0 aromatic heterocycles. The van der Waals surface area contributed by atoms with Crippen molar-refractivity contribution in [2.45, 2.75) is 45.4 Å². The Kier molecular flexibility index (Phi) is 8.46. The molecule has 24 heavy (non-hydrogen) atoms. The van der Waals surface area contributed by atoms with E-state index in [9.17, 15) is 4.79 Å². The average molecular weight is 334 g/mol. The van der Waals surface area contributed by atoms with E-state index in [0.29, 0.717) is 18.9 Å². The number of benzene rings is 1. The smallest absolute Gasteiger partial charge is 0.411 e. The van der Waals surface area contributed by atoms with Gasteiger partial charge in [0.15, 0.2) is 0 Å². The molecule has 0 unspecified atom stereocenters. The van der Waals surface area contributed by atoms with Gasteiger partial charge in [0, 0.05) is 18.3 Å². The van der Waals surface area contributed by atoms with Gasteiger partial charge in [-0.25, -0.2) is 4.79 Å². The van der Waals surface area contributed by atoms with Crippen LogP contribution in [0.15, 0.2) is 24.3 Å². The second kappa shape index (κ2) is 10.9. The Labute approximate surface area is 145 Å². The summed E-state index contributed by atoms with van der Waals surface area (Å²) in [5.41, 5.74) is 0.699. The van der Waals surface area contributed by atoms with E-state index in [4.69, 9.17) is 9.47 Å². The maximum atomic E-state index is 11.8. The van der Waals surface area contributed by atoms with Crippen LogP contribution in [0.25, 0.3) is 0 Å². The first-order chi connectivity index (χ1) is 11.8. The van der Waals surface area contributed by atoms with Crippen molar-refractivity contribution < 1.29 is 14.3 Å². The van der Waals surface area contributed by atoms with Crippen LogP contribution in [0.1, 0.15) is 45.4 Å². The van der Waals surface area contributed by atoms with Gasteiger partial charge in [-0.05, 0) is 50.9 Å². The fraction of sp³-hybridized carbons (Fsp3) is 0.632. The van der Waals surface area contributed by atoms with Crippen molar-refractivity contribution in [1.82, 2.24) is 4.90 Å². The van der Waals surface area contributed by atoms with Crippen LogP contribution in [0.3, 0.4) is 0 Å². The molecular weight excluding hydrogens is 304 g/mol.